The number of likely N-dealkylation sites (tertiary alicyclic amines) is 1. The van der Waals surface area contributed by atoms with Crippen LogP contribution in [0.3, 0.4) is 0 Å². The minimum atomic E-state index is 0.237. The zero-order valence-electron chi connectivity index (χ0n) is 16.0. The largest absolute Gasteiger partial charge is 0.493 e. The van der Waals surface area contributed by atoms with Crippen LogP contribution in [0.4, 0.5) is 0 Å². The number of H-pyrrole nitrogens is 1. The summed E-state index contributed by atoms with van der Waals surface area (Å²) in [6.45, 7) is 3.22. The molecule has 6 heteroatoms. The van der Waals surface area contributed by atoms with Crippen molar-refractivity contribution < 1.29 is 9.47 Å². The lowest BCUT2D eigenvalue weighted by Gasteiger charge is -2.31. The molecule has 2 aromatic heterocycles. The van der Waals surface area contributed by atoms with Gasteiger partial charge in [0, 0.05) is 29.7 Å². The van der Waals surface area contributed by atoms with Crippen LogP contribution in [-0.4, -0.2) is 46.9 Å². The van der Waals surface area contributed by atoms with Gasteiger partial charge in [-0.2, -0.15) is 5.10 Å². The van der Waals surface area contributed by atoms with Gasteiger partial charge in [-0.3, -0.25) is 10.00 Å². The molecule has 4 rings (SSSR count). The van der Waals surface area contributed by atoms with Crippen molar-refractivity contribution in [3.8, 4) is 23.8 Å². The molecule has 3 heterocycles. The third-order valence-corrected chi connectivity index (χ3v) is 5.30. The van der Waals surface area contributed by atoms with E-state index in [0.717, 1.165) is 49.3 Å². The number of aromatic nitrogens is 3. The summed E-state index contributed by atoms with van der Waals surface area (Å²) in [7, 11) is 1.65. The van der Waals surface area contributed by atoms with Crippen molar-refractivity contribution >= 4 is 11.0 Å². The fourth-order valence-electron chi connectivity index (χ4n) is 3.87. The number of pyridine rings is 1. The zero-order chi connectivity index (χ0) is 19.3. The molecule has 0 spiro atoms. The second-order valence-electron chi connectivity index (χ2n) is 7.04. The summed E-state index contributed by atoms with van der Waals surface area (Å²) in [5.74, 6) is 4.38. The van der Waals surface area contributed by atoms with Crippen molar-refractivity contribution in [3.63, 3.8) is 0 Å². The highest BCUT2D eigenvalue weighted by atomic mass is 16.5. The Morgan fingerprint density at radius 3 is 2.89 bits per heavy atom. The number of aromatic amines is 1. The van der Waals surface area contributed by atoms with E-state index in [9.17, 15) is 0 Å². The highest BCUT2D eigenvalue weighted by Gasteiger charge is 2.24. The molecule has 0 amide bonds. The predicted molar refractivity (Wildman–Crippen MR) is 108 cm³/mol. The number of fused-ring (bicyclic) bond motifs is 1. The summed E-state index contributed by atoms with van der Waals surface area (Å²) in [4.78, 5) is 6.80. The SMILES string of the molecule is C#CCOc1ccc(CN2CCC(c3[nH]nc4ncccc34)CC2)cc1OC. The van der Waals surface area contributed by atoms with Crippen molar-refractivity contribution in [2.75, 3.05) is 26.8 Å². The number of rotatable bonds is 6. The fraction of sp³-hybridized carbons (Fsp3) is 0.364. The Balaban J connectivity index is 1.38. The molecule has 1 N–H and O–H groups in total. The molecule has 28 heavy (non-hydrogen) atoms. The molecule has 1 saturated heterocycles. The number of methoxy groups -OCH3 is 1. The monoisotopic (exact) mass is 376 g/mol. The Labute approximate surface area is 164 Å². The molecular weight excluding hydrogens is 352 g/mol. The molecule has 0 aliphatic carbocycles. The summed E-state index contributed by atoms with van der Waals surface area (Å²) < 4.78 is 11.0. The fourth-order valence-corrected chi connectivity index (χ4v) is 3.87. The van der Waals surface area contributed by atoms with E-state index in [1.54, 1.807) is 13.3 Å². The number of piperidine rings is 1. The number of terminal acetylenes is 1. The maximum atomic E-state index is 5.52. The average Bonchev–Trinajstić information content (AvgIpc) is 3.17. The lowest BCUT2D eigenvalue weighted by molar-refractivity contribution is 0.203. The van der Waals surface area contributed by atoms with Crippen LogP contribution in [-0.2, 0) is 6.54 Å². The molecule has 1 aromatic carbocycles. The van der Waals surface area contributed by atoms with E-state index in [-0.39, 0.29) is 6.61 Å². The quantitative estimate of drug-likeness (QED) is 0.669. The molecule has 6 nitrogen and oxygen atoms in total. The first-order chi connectivity index (χ1) is 13.8. The van der Waals surface area contributed by atoms with Gasteiger partial charge in [-0.25, -0.2) is 4.98 Å². The number of nitrogens with one attached hydrogen (secondary N) is 1. The Bertz CT molecular complexity index is 984. The maximum absolute atomic E-state index is 5.52. The van der Waals surface area contributed by atoms with Crippen LogP contribution in [0.1, 0.15) is 30.0 Å². The number of hydrogen-bond acceptors (Lipinski definition) is 5. The molecule has 0 bridgehead atoms. The topological polar surface area (TPSA) is 63.3 Å². The van der Waals surface area contributed by atoms with Crippen molar-refractivity contribution in [3.05, 3.63) is 47.8 Å². The van der Waals surface area contributed by atoms with Gasteiger partial charge in [0.25, 0.3) is 0 Å². The van der Waals surface area contributed by atoms with Gasteiger partial charge < -0.3 is 9.47 Å². The molecule has 144 valence electrons. The number of ether oxygens (including phenoxy) is 2. The maximum Gasteiger partial charge on any atom is 0.181 e. The lowest BCUT2D eigenvalue weighted by atomic mass is 9.92. The van der Waals surface area contributed by atoms with Gasteiger partial charge in [-0.1, -0.05) is 12.0 Å². The average molecular weight is 376 g/mol. The second kappa shape index (κ2) is 8.32. The Hall–Kier alpha value is -3.04. The van der Waals surface area contributed by atoms with E-state index in [2.05, 4.69) is 38.1 Å². The predicted octanol–water partition coefficient (Wildman–Crippen LogP) is 3.36. The lowest BCUT2D eigenvalue weighted by Crippen LogP contribution is -2.32. The van der Waals surface area contributed by atoms with E-state index in [1.807, 2.05) is 18.2 Å². The van der Waals surface area contributed by atoms with Crippen LogP contribution < -0.4 is 9.47 Å². The van der Waals surface area contributed by atoms with Crippen molar-refractivity contribution in [2.24, 2.45) is 0 Å². The highest BCUT2D eigenvalue weighted by Crippen LogP contribution is 2.32. The second-order valence-corrected chi connectivity index (χ2v) is 7.04. The van der Waals surface area contributed by atoms with Gasteiger partial charge in [0.1, 0.15) is 6.61 Å². The normalized spacial score (nSPS) is 15.4. The molecule has 0 atom stereocenters. The number of benzene rings is 1. The third kappa shape index (κ3) is 3.80. The van der Waals surface area contributed by atoms with Crippen molar-refractivity contribution in [2.45, 2.75) is 25.3 Å². The molecule has 1 fully saturated rings. The molecule has 1 aliphatic rings. The molecule has 1 aliphatic heterocycles. The van der Waals surface area contributed by atoms with Crippen LogP contribution in [0.2, 0.25) is 0 Å². The van der Waals surface area contributed by atoms with Crippen LogP contribution in [0.25, 0.3) is 11.0 Å². The highest BCUT2D eigenvalue weighted by molar-refractivity contribution is 5.77. The van der Waals surface area contributed by atoms with Gasteiger partial charge in [-0.05, 0) is 55.8 Å². The first kappa shape index (κ1) is 18.3. The van der Waals surface area contributed by atoms with E-state index in [4.69, 9.17) is 15.9 Å². The van der Waals surface area contributed by atoms with Gasteiger partial charge in [0.2, 0.25) is 0 Å². The molecule has 0 radical (unpaired) electrons. The van der Waals surface area contributed by atoms with Crippen LogP contribution in [0.15, 0.2) is 36.5 Å². The van der Waals surface area contributed by atoms with Crippen molar-refractivity contribution in [1.82, 2.24) is 20.1 Å². The summed E-state index contributed by atoms with van der Waals surface area (Å²) in [6.07, 6.45) is 9.26. The Morgan fingerprint density at radius 1 is 1.25 bits per heavy atom. The third-order valence-electron chi connectivity index (χ3n) is 5.30. The molecule has 0 unspecified atom stereocenters. The van der Waals surface area contributed by atoms with E-state index >= 15 is 0 Å². The zero-order valence-corrected chi connectivity index (χ0v) is 16.0. The minimum Gasteiger partial charge on any atom is -0.493 e. The van der Waals surface area contributed by atoms with Crippen LogP contribution in [0, 0.1) is 12.3 Å². The van der Waals surface area contributed by atoms with Gasteiger partial charge >= 0.3 is 0 Å². The molecular formula is C22H24N4O2. The number of hydrogen-bond donors (Lipinski definition) is 1. The van der Waals surface area contributed by atoms with Crippen LogP contribution in [0.5, 0.6) is 11.5 Å². The number of nitrogens with zero attached hydrogens (tertiary/aromatic N) is 3. The van der Waals surface area contributed by atoms with E-state index in [0.29, 0.717) is 11.7 Å². The standard InChI is InChI=1S/C22H24N4O2/c1-3-13-28-19-7-6-16(14-20(19)27-2)15-26-11-8-17(9-12-26)21-18-5-4-10-23-22(18)25-24-21/h1,4-7,10,14,17H,8-9,11-13,15H2,2H3,(H,23,24,25). The smallest absolute Gasteiger partial charge is 0.181 e. The van der Waals surface area contributed by atoms with Crippen molar-refractivity contribution in [1.29, 1.82) is 0 Å². The summed E-state index contributed by atoms with van der Waals surface area (Å²) in [6, 6.07) is 10.1. The van der Waals surface area contributed by atoms with Gasteiger partial charge in [0.15, 0.2) is 17.1 Å². The first-order valence-corrected chi connectivity index (χ1v) is 9.53. The summed E-state index contributed by atoms with van der Waals surface area (Å²) >= 11 is 0. The molecule has 0 saturated carbocycles. The first-order valence-electron chi connectivity index (χ1n) is 9.53. The Morgan fingerprint density at radius 2 is 2.11 bits per heavy atom. The minimum absolute atomic E-state index is 0.237. The van der Waals surface area contributed by atoms with Gasteiger partial charge in [0.05, 0.1) is 7.11 Å². The van der Waals surface area contributed by atoms with E-state index < -0.39 is 0 Å². The van der Waals surface area contributed by atoms with Gasteiger partial charge in [-0.15, -0.1) is 6.42 Å². The van der Waals surface area contributed by atoms with Crippen LogP contribution >= 0.6 is 0 Å². The molecule has 3 aromatic rings. The summed E-state index contributed by atoms with van der Waals surface area (Å²) in [5.41, 5.74) is 3.23. The summed E-state index contributed by atoms with van der Waals surface area (Å²) in [5, 5.41) is 8.70. The van der Waals surface area contributed by atoms with E-state index in [1.165, 1.54) is 11.3 Å². The Kier molecular flexibility index (Phi) is 5.45.